The van der Waals surface area contributed by atoms with Crippen LogP contribution in [0.5, 0.6) is 5.75 Å². The molecule has 2 aromatic carbocycles. The van der Waals surface area contributed by atoms with Crippen LogP contribution in [0.4, 0.5) is 5.69 Å². The Morgan fingerprint density at radius 1 is 0.957 bits per heavy atom. The van der Waals surface area contributed by atoms with Gasteiger partial charge in [0.1, 0.15) is 5.75 Å². The normalized spacial score (nSPS) is 16.7. The van der Waals surface area contributed by atoms with Gasteiger partial charge in [-0.05, 0) is 30.0 Å². The van der Waals surface area contributed by atoms with Crippen LogP contribution in [-0.4, -0.2) is 20.2 Å². The minimum Gasteiger partial charge on any atom is -0.497 e. The Labute approximate surface area is 139 Å². The molecule has 1 aliphatic heterocycles. The van der Waals surface area contributed by atoms with Crippen LogP contribution in [0.1, 0.15) is 42.9 Å². The summed E-state index contributed by atoms with van der Waals surface area (Å²) in [5.74, 6) is 0.897. The van der Waals surface area contributed by atoms with Gasteiger partial charge >= 0.3 is 0 Å². The lowest BCUT2D eigenvalue weighted by Gasteiger charge is -2.28. The number of nitrogens with zero attached hydrogens (tertiary/aromatic N) is 1. The fraction of sp³-hybridized carbons (Fsp3) is 0.400. The van der Waals surface area contributed by atoms with Crippen LogP contribution in [0.3, 0.4) is 0 Å². The van der Waals surface area contributed by atoms with E-state index < -0.39 is 0 Å². The Kier molecular flexibility index (Phi) is 5.19. The van der Waals surface area contributed by atoms with Gasteiger partial charge in [0.15, 0.2) is 0 Å². The predicted molar refractivity (Wildman–Crippen MR) is 96.1 cm³/mol. The Morgan fingerprint density at radius 3 is 2.30 bits per heavy atom. The van der Waals surface area contributed by atoms with E-state index in [-0.39, 0.29) is 6.04 Å². The van der Waals surface area contributed by atoms with Gasteiger partial charge in [0.25, 0.3) is 0 Å². The Hall–Kier alpha value is -2.00. The molecule has 0 radical (unpaired) electrons. The summed E-state index contributed by atoms with van der Waals surface area (Å²) in [5.41, 5.74) is 10.1. The first-order valence-electron chi connectivity index (χ1n) is 8.53. The van der Waals surface area contributed by atoms with Crippen molar-refractivity contribution in [2.24, 2.45) is 5.73 Å². The molecule has 0 aliphatic carbocycles. The van der Waals surface area contributed by atoms with Crippen LogP contribution >= 0.6 is 0 Å². The second-order valence-electron chi connectivity index (χ2n) is 6.21. The smallest absolute Gasteiger partial charge is 0.120 e. The summed E-state index contributed by atoms with van der Waals surface area (Å²) in [6.45, 7) is 2.20. The number of rotatable bonds is 4. The van der Waals surface area contributed by atoms with E-state index in [1.807, 2.05) is 24.3 Å². The molecule has 1 fully saturated rings. The van der Waals surface area contributed by atoms with Crippen molar-refractivity contribution in [1.82, 2.24) is 0 Å². The summed E-state index contributed by atoms with van der Waals surface area (Å²) in [4.78, 5) is 2.48. The highest BCUT2D eigenvalue weighted by Gasteiger charge is 2.19. The molecule has 3 heteroatoms. The lowest BCUT2D eigenvalue weighted by molar-refractivity contribution is 0.414. The highest BCUT2D eigenvalue weighted by atomic mass is 16.5. The zero-order valence-electron chi connectivity index (χ0n) is 13.9. The van der Waals surface area contributed by atoms with Gasteiger partial charge in [-0.1, -0.05) is 49.2 Å². The number of hydrogen-bond donors (Lipinski definition) is 1. The van der Waals surface area contributed by atoms with Crippen molar-refractivity contribution in [2.75, 3.05) is 25.1 Å². The molecule has 1 heterocycles. The second-order valence-corrected chi connectivity index (χ2v) is 6.21. The van der Waals surface area contributed by atoms with E-state index in [1.165, 1.54) is 36.9 Å². The molecule has 2 N–H and O–H groups in total. The molecule has 2 aromatic rings. The van der Waals surface area contributed by atoms with Crippen molar-refractivity contribution >= 4 is 5.69 Å². The molecular weight excluding hydrogens is 284 g/mol. The zero-order valence-corrected chi connectivity index (χ0v) is 13.9. The highest BCUT2D eigenvalue weighted by molar-refractivity contribution is 5.60. The molecule has 1 unspecified atom stereocenters. The SMILES string of the molecule is COc1ccc(C(N)c2ccccc2)c(N2CCCCCC2)c1. The van der Waals surface area contributed by atoms with Crippen LogP contribution < -0.4 is 15.4 Å². The van der Waals surface area contributed by atoms with E-state index in [4.69, 9.17) is 10.5 Å². The lowest BCUT2D eigenvalue weighted by atomic mass is 9.97. The standard InChI is InChI=1S/C20H26N2O/c1-23-17-11-12-18(20(21)16-9-5-4-6-10-16)19(15-17)22-13-7-2-3-8-14-22/h4-6,9-12,15,20H,2-3,7-8,13-14,21H2,1H3. The van der Waals surface area contributed by atoms with Crippen LogP contribution in [0.15, 0.2) is 48.5 Å². The van der Waals surface area contributed by atoms with Crippen LogP contribution in [0.25, 0.3) is 0 Å². The molecule has 3 rings (SSSR count). The minimum absolute atomic E-state index is 0.111. The van der Waals surface area contributed by atoms with E-state index in [2.05, 4.69) is 29.2 Å². The first-order chi connectivity index (χ1) is 11.3. The second kappa shape index (κ2) is 7.51. The highest BCUT2D eigenvalue weighted by Crippen LogP contribution is 2.33. The number of benzene rings is 2. The topological polar surface area (TPSA) is 38.5 Å². The molecule has 122 valence electrons. The molecule has 3 nitrogen and oxygen atoms in total. The fourth-order valence-corrected chi connectivity index (χ4v) is 3.34. The summed E-state index contributed by atoms with van der Waals surface area (Å²) in [7, 11) is 1.72. The summed E-state index contributed by atoms with van der Waals surface area (Å²) in [5, 5.41) is 0. The van der Waals surface area contributed by atoms with Crippen LogP contribution in [0.2, 0.25) is 0 Å². The maximum atomic E-state index is 6.59. The third kappa shape index (κ3) is 3.67. The predicted octanol–water partition coefficient (Wildman–Crippen LogP) is 4.12. The molecule has 0 spiro atoms. The van der Waals surface area contributed by atoms with E-state index in [0.29, 0.717) is 0 Å². The number of methoxy groups -OCH3 is 1. The molecule has 1 atom stereocenters. The maximum Gasteiger partial charge on any atom is 0.120 e. The van der Waals surface area contributed by atoms with Crippen LogP contribution in [-0.2, 0) is 0 Å². The van der Waals surface area contributed by atoms with E-state index >= 15 is 0 Å². The van der Waals surface area contributed by atoms with Crippen molar-refractivity contribution in [3.63, 3.8) is 0 Å². The maximum absolute atomic E-state index is 6.59. The number of ether oxygens (including phenoxy) is 1. The Morgan fingerprint density at radius 2 is 1.65 bits per heavy atom. The van der Waals surface area contributed by atoms with Crippen molar-refractivity contribution in [2.45, 2.75) is 31.7 Å². The fourth-order valence-electron chi connectivity index (χ4n) is 3.34. The number of nitrogens with two attached hydrogens (primary N) is 1. The van der Waals surface area contributed by atoms with Gasteiger partial charge in [-0.15, -0.1) is 0 Å². The van der Waals surface area contributed by atoms with Gasteiger partial charge in [-0.25, -0.2) is 0 Å². The van der Waals surface area contributed by atoms with Gasteiger partial charge < -0.3 is 15.4 Å². The lowest BCUT2D eigenvalue weighted by Crippen LogP contribution is -2.27. The summed E-state index contributed by atoms with van der Waals surface area (Å²) < 4.78 is 5.45. The Bertz CT molecular complexity index is 619. The largest absolute Gasteiger partial charge is 0.497 e. The third-order valence-electron chi connectivity index (χ3n) is 4.68. The average Bonchev–Trinajstić information content (AvgIpc) is 2.90. The third-order valence-corrected chi connectivity index (χ3v) is 4.68. The average molecular weight is 310 g/mol. The van der Waals surface area contributed by atoms with Gasteiger partial charge in [-0.2, -0.15) is 0 Å². The van der Waals surface area contributed by atoms with Crippen molar-refractivity contribution < 1.29 is 4.74 Å². The van der Waals surface area contributed by atoms with Crippen LogP contribution in [0, 0.1) is 0 Å². The Balaban J connectivity index is 1.98. The molecule has 1 saturated heterocycles. The van der Waals surface area contributed by atoms with Gasteiger partial charge in [0.05, 0.1) is 13.2 Å². The molecule has 23 heavy (non-hydrogen) atoms. The molecule has 0 saturated carbocycles. The molecule has 0 aromatic heterocycles. The zero-order chi connectivity index (χ0) is 16.1. The molecule has 1 aliphatic rings. The van der Waals surface area contributed by atoms with E-state index in [0.717, 1.165) is 24.4 Å². The summed E-state index contributed by atoms with van der Waals surface area (Å²) in [6.07, 6.45) is 5.13. The van der Waals surface area contributed by atoms with Gasteiger partial charge in [0, 0.05) is 24.8 Å². The van der Waals surface area contributed by atoms with Crippen molar-refractivity contribution in [3.8, 4) is 5.75 Å². The quantitative estimate of drug-likeness (QED) is 0.923. The number of anilines is 1. The first-order valence-corrected chi connectivity index (χ1v) is 8.53. The first kappa shape index (κ1) is 15.9. The van der Waals surface area contributed by atoms with Gasteiger partial charge in [-0.3, -0.25) is 0 Å². The molecular formula is C20H26N2O. The van der Waals surface area contributed by atoms with Gasteiger partial charge in [0.2, 0.25) is 0 Å². The van der Waals surface area contributed by atoms with E-state index in [9.17, 15) is 0 Å². The minimum atomic E-state index is -0.111. The van der Waals surface area contributed by atoms with Crippen molar-refractivity contribution in [1.29, 1.82) is 0 Å². The number of hydrogen-bond acceptors (Lipinski definition) is 3. The molecule has 0 bridgehead atoms. The summed E-state index contributed by atoms with van der Waals surface area (Å²) >= 11 is 0. The van der Waals surface area contributed by atoms with Crippen molar-refractivity contribution in [3.05, 3.63) is 59.7 Å². The van der Waals surface area contributed by atoms with E-state index in [1.54, 1.807) is 7.11 Å². The summed E-state index contributed by atoms with van der Waals surface area (Å²) in [6, 6.07) is 16.5. The molecule has 0 amide bonds. The monoisotopic (exact) mass is 310 g/mol.